The number of nitrogens with zero attached hydrogens (tertiary/aromatic N) is 3. The maximum absolute atomic E-state index is 13.5. The number of ether oxygens (including phenoxy) is 1. The van der Waals surface area contributed by atoms with Gasteiger partial charge in [0.2, 0.25) is 11.1 Å². The van der Waals surface area contributed by atoms with Gasteiger partial charge in [-0.05, 0) is 50.1 Å². The summed E-state index contributed by atoms with van der Waals surface area (Å²) in [6.45, 7) is 6.54. The Labute approximate surface area is 192 Å². The average Bonchev–Trinajstić information content (AvgIpc) is 3.20. The molecule has 0 saturated heterocycles. The molecule has 1 unspecified atom stereocenters. The van der Waals surface area contributed by atoms with Gasteiger partial charge in [0.25, 0.3) is 5.91 Å². The second-order valence-corrected chi connectivity index (χ2v) is 8.46. The standard InChI is InChI=1S/C24H27N5O2S/c1-4-14-32-24-27-23-25-16(3)20(22(30)26-18-11-7-6-8-12-18)21(29(23)28-24)17-10-9-13-19(15-17)31-5-2/h6-13,15,21H,4-5,14H2,1-3H3,(H,26,30)(H,25,27,28). The first-order valence-corrected chi connectivity index (χ1v) is 11.8. The number of anilines is 2. The number of fused-ring (bicyclic) bond motifs is 1. The molecule has 7 nitrogen and oxygen atoms in total. The molecular formula is C24H27N5O2S. The molecule has 1 atom stereocenters. The Balaban J connectivity index is 1.77. The molecule has 2 heterocycles. The van der Waals surface area contributed by atoms with Crippen LogP contribution >= 0.6 is 11.8 Å². The number of benzene rings is 2. The van der Waals surface area contributed by atoms with E-state index in [-0.39, 0.29) is 5.91 Å². The van der Waals surface area contributed by atoms with Crippen molar-refractivity contribution in [3.63, 3.8) is 0 Å². The van der Waals surface area contributed by atoms with Gasteiger partial charge >= 0.3 is 0 Å². The molecule has 0 spiro atoms. The fourth-order valence-corrected chi connectivity index (χ4v) is 4.33. The SMILES string of the molecule is CCCSc1nc2n(n1)C(c1cccc(OCC)c1)C(C(=O)Nc1ccccc1)=C(C)N2. The summed E-state index contributed by atoms with van der Waals surface area (Å²) >= 11 is 1.61. The van der Waals surface area contributed by atoms with Crippen LogP contribution in [0.1, 0.15) is 38.8 Å². The molecule has 3 aromatic rings. The summed E-state index contributed by atoms with van der Waals surface area (Å²) in [5, 5.41) is 11.7. The summed E-state index contributed by atoms with van der Waals surface area (Å²) in [5.41, 5.74) is 2.99. The van der Waals surface area contributed by atoms with E-state index in [4.69, 9.17) is 9.84 Å². The van der Waals surface area contributed by atoms with Crippen LogP contribution in [0.4, 0.5) is 11.6 Å². The quantitative estimate of drug-likeness (QED) is 0.465. The summed E-state index contributed by atoms with van der Waals surface area (Å²) in [6, 6.07) is 16.8. The zero-order valence-electron chi connectivity index (χ0n) is 18.5. The number of aromatic nitrogens is 3. The highest BCUT2D eigenvalue weighted by Gasteiger charge is 2.34. The predicted molar refractivity (Wildman–Crippen MR) is 128 cm³/mol. The molecule has 0 saturated carbocycles. The van der Waals surface area contributed by atoms with Crippen molar-refractivity contribution in [2.24, 2.45) is 0 Å². The fraction of sp³-hybridized carbons (Fsp3) is 0.292. The molecule has 166 valence electrons. The van der Waals surface area contributed by atoms with Crippen molar-refractivity contribution in [2.45, 2.75) is 38.4 Å². The lowest BCUT2D eigenvalue weighted by Crippen LogP contribution is -2.31. The van der Waals surface area contributed by atoms with E-state index in [1.807, 2.05) is 68.4 Å². The van der Waals surface area contributed by atoms with Gasteiger partial charge in [-0.25, -0.2) is 4.68 Å². The molecule has 2 N–H and O–H groups in total. The van der Waals surface area contributed by atoms with E-state index in [2.05, 4.69) is 22.5 Å². The zero-order valence-corrected chi connectivity index (χ0v) is 19.3. The smallest absolute Gasteiger partial charge is 0.255 e. The van der Waals surface area contributed by atoms with E-state index < -0.39 is 6.04 Å². The maximum Gasteiger partial charge on any atom is 0.255 e. The highest BCUT2D eigenvalue weighted by Crippen LogP contribution is 2.37. The maximum atomic E-state index is 13.5. The summed E-state index contributed by atoms with van der Waals surface area (Å²) in [6.07, 6.45) is 1.03. The first-order chi connectivity index (χ1) is 15.6. The molecule has 0 radical (unpaired) electrons. The number of carbonyl (C=O) groups excluding carboxylic acids is 1. The van der Waals surface area contributed by atoms with E-state index in [0.29, 0.717) is 23.3 Å². The number of rotatable bonds is 8. The molecule has 0 fully saturated rings. The molecule has 2 aromatic carbocycles. The first kappa shape index (κ1) is 22.0. The Hall–Kier alpha value is -3.26. The first-order valence-electron chi connectivity index (χ1n) is 10.8. The van der Waals surface area contributed by atoms with Crippen molar-refractivity contribution in [2.75, 3.05) is 23.0 Å². The topological polar surface area (TPSA) is 81.1 Å². The summed E-state index contributed by atoms with van der Waals surface area (Å²) in [7, 11) is 0. The monoisotopic (exact) mass is 449 g/mol. The van der Waals surface area contributed by atoms with Crippen LogP contribution in [0.25, 0.3) is 0 Å². The Morgan fingerprint density at radius 2 is 2.00 bits per heavy atom. The minimum atomic E-state index is -0.432. The van der Waals surface area contributed by atoms with Crippen molar-refractivity contribution in [1.29, 1.82) is 0 Å². The van der Waals surface area contributed by atoms with Crippen LogP contribution in [0.2, 0.25) is 0 Å². The van der Waals surface area contributed by atoms with Gasteiger partial charge in [0.1, 0.15) is 11.8 Å². The Bertz CT molecular complexity index is 1130. The van der Waals surface area contributed by atoms with Crippen LogP contribution in [0, 0.1) is 0 Å². The summed E-state index contributed by atoms with van der Waals surface area (Å²) < 4.78 is 7.52. The van der Waals surface area contributed by atoms with Gasteiger partial charge < -0.3 is 15.4 Å². The number of thioether (sulfide) groups is 1. The van der Waals surface area contributed by atoms with Gasteiger partial charge in [-0.1, -0.05) is 49.0 Å². The molecule has 1 aliphatic rings. The largest absolute Gasteiger partial charge is 0.494 e. The minimum absolute atomic E-state index is 0.183. The minimum Gasteiger partial charge on any atom is -0.494 e. The van der Waals surface area contributed by atoms with E-state index >= 15 is 0 Å². The summed E-state index contributed by atoms with van der Waals surface area (Å²) in [5.74, 6) is 2.13. The fourth-order valence-electron chi connectivity index (χ4n) is 3.65. The van der Waals surface area contributed by atoms with Gasteiger partial charge in [-0.3, -0.25) is 4.79 Å². The molecule has 1 aromatic heterocycles. The second-order valence-electron chi connectivity index (χ2n) is 7.40. The number of nitrogens with one attached hydrogen (secondary N) is 2. The van der Waals surface area contributed by atoms with Crippen molar-refractivity contribution in [1.82, 2.24) is 14.8 Å². The Kier molecular flexibility index (Phi) is 6.80. The lowest BCUT2D eigenvalue weighted by Gasteiger charge is -2.29. The number of allylic oxidation sites excluding steroid dienone is 1. The molecule has 1 aliphatic heterocycles. The van der Waals surface area contributed by atoms with Crippen LogP contribution in [-0.4, -0.2) is 33.0 Å². The third kappa shape index (κ3) is 4.65. The molecule has 32 heavy (non-hydrogen) atoms. The highest BCUT2D eigenvalue weighted by atomic mass is 32.2. The lowest BCUT2D eigenvalue weighted by molar-refractivity contribution is -0.113. The molecule has 8 heteroatoms. The lowest BCUT2D eigenvalue weighted by atomic mass is 9.95. The third-order valence-electron chi connectivity index (χ3n) is 5.03. The van der Waals surface area contributed by atoms with Gasteiger partial charge in [-0.15, -0.1) is 5.10 Å². The van der Waals surface area contributed by atoms with Crippen molar-refractivity contribution in [3.8, 4) is 5.75 Å². The van der Waals surface area contributed by atoms with Crippen LogP contribution in [0.15, 0.2) is 71.0 Å². The Morgan fingerprint density at radius 3 is 2.75 bits per heavy atom. The van der Waals surface area contributed by atoms with E-state index in [1.54, 1.807) is 16.4 Å². The molecular weight excluding hydrogens is 422 g/mol. The molecule has 0 aliphatic carbocycles. The van der Waals surface area contributed by atoms with E-state index in [1.165, 1.54) is 0 Å². The Morgan fingerprint density at radius 1 is 1.19 bits per heavy atom. The average molecular weight is 450 g/mol. The third-order valence-corrected chi connectivity index (χ3v) is 6.07. The van der Waals surface area contributed by atoms with Crippen LogP contribution in [0.3, 0.4) is 0 Å². The number of para-hydroxylation sites is 1. The van der Waals surface area contributed by atoms with Crippen LogP contribution in [-0.2, 0) is 4.79 Å². The number of amides is 1. The van der Waals surface area contributed by atoms with Gasteiger partial charge in [0, 0.05) is 17.1 Å². The van der Waals surface area contributed by atoms with Gasteiger partial charge in [0.05, 0.1) is 12.2 Å². The summed E-state index contributed by atoms with van der Waals surface area (Å²) in [4.78, 5) is 18.1. The van der Waals surface area contributed by atoms with Crippen molar-refractivity contribution >= 4 is 29.3 Å². The van der Waals surface area contributed by atoms with E-state index in [9.17, 15) is 4.79 Å². The number of hydrogen-bond donors (Lipinski definition) is 2. The molecule has 0 bridgehead atoms. The normalized spacial score (nSPS) is 15.2. The predicted octanol–water partition coefficient (Wildman–Crippen LogP) is 5.11. The van der Waals surface area contributed by atoms with Crippen LogP contribution < -0.4 is 15.4 Å². The number of hydrogen-bond acceptors (Lipinski definition) is 6. The van der Waals surface area contributed by atoms with Gasteiger partial charge in [0.15, 0.2) is 0 Å². The van der Waals surface area contributed by atoms with Crippen LogP contribution in [0.5, 0.6) is 5.75 Å². The van der Waals surface area contributed by atoms with Crippen molar-refractivity contribution < 1.29 is 9.53 Å². The van der Waals surface area contributed by atoms with Crippen molar-refractivity contribution in [3.05, 3.63) is 71.4 Å². The molecule has 1 amide bonds. The second kappa shape index (κ2) is 9.91. The highest BCUT2D eigenvalue weighted by molar-refractivity contribution is 7.99. The number of carbonyl (C=O) groups is 1. The zero-order chi connectivity index (χ0) is 22.5. The van der Waals surface area contributed by atoms with Gasteiger partial charge in [-0.2, -0.15) is 4.98 Å². The molecule has 4 rings (SSSR count). The van der Waals surface area contributed by atoms with E-state index in [0.717, 1.165) is 34.9 Å².